The Labute approximate surface area is 176 Å². The Morgan fingerprint density at radius 3 is 2.27 bits per heavy atom. The average molecular weight is 425 g/mol. The Kier molecular flexibility index (Phi) is 5.69. The number of aromatic nitrogens is 2. The highest BCUT2D eigenvalue weighted by Crippen LogP contribution is 2.21. The standard InChI is InChI=1S/C22H24N4O3S/c1-24-16-21(23-17-24)30(28,29)26-13-5-12-25(14-15-26)22(27)20-10-8-19(9-11-20)18-6-3-2-4-7-18/h2-4,6-11,16-17H,5,12-15H2,1H3. The molecule has 0 saturated carbocycles. The van der Waals surface area contributed by atoms with Crippen LogP contribution in [0.15, 0.2) is 72.1 Å². The summed E-state index contributed by atoms with van der Waals surface area (Å²) >= 11 is 0. The molecule has 0 bridgehead atoms. The fraction of sp³-hybridized carbons (Fsp3) is 0.273. The molecular formula is C22H24N4O3S. The third-order valence-corrected chi connectivity index (χ3v) is 7.05. The Morgan fingerprint density at radius 1 is 0.900 bits per heavy atom. The molecule has 2 heterocycles. The maximum atomic E-state index is 13.0. The highest BCUT2D eigenvalue weighted by Gasteiger charge is 2.30. The van der Waals surface area contributed by atoms with Gasteiger partial charge in [-0.1, -0.05) is 42.5 Å². The van der Waals surface area contributed by atoms with Gasteiger partial charge < -0.3 is 9.47 Å². The highest BCUT2D eigenvalue weighted by atomic mass is 32.2. The van der Waals surface area contributed by atoms with E-state index in [9.17, 15) is 13.2 Å². The van der Waals surface area contributed by atoms with E-state index in [2.05, 4.69) is 4.98 Å². The van der Waals surface area contributed by atoms with Crippen molar-refractivity contribution in [2.45, 2.75) is 11.4 Å². The number of carbonyl (C=O) groups excluding carboxylic acids is 1. The molecule has 8 heteroatoms. The van der Waals surface area contributed by atoms with E-state index in [-0.39, 0.29) is 17.5 Å². The zero-order valence-corrected chi connectivity index (χ0v) is 17.6. The first-order valence-electron chi connectivity index (χ1n) is 9.88. The van der Waals surface area contributed by atoms with Crippen LogP contribution in [0, 0.1) is 0 Å². The number of imidazole rings is 1. The Morgan fingerprint density at radius 2 is 1.60 bits per heavy atom. The van der Waals surface area contributed by atoms with E-state index >= 15 is 0 Å². The summed E-state index contributed by atoms with van der Waals surface area (Å²) in [6.45, 7) is 1.50. The van der Waals surface area contributed by atoms with Gasteiger partial charge in [-0.15, -0.1) is 0 Å². The third kappa shape index (κ3) is 4.15. The van der Waals surface area contributed by atoms with Gasteiger partial charge in [0.2, 0.25) is 0 Å². The molecule has 0 aliphatic carbocycles. The van der Waals surface area contributed by atoms with Gasteiger partial charge >= 0.3 is 0 Å². The predicted molar refractivity (Wildman–Crippen MR) is 114 cm³/mol. The first kappa shape index (κ1) is 20.3. The minimum Gasteiger partial charge on any atom is -0.339 e. The largest absolute Gasteiger partial charge is 0.339 e. The van der Waals surface area contributed by atoms with Crippen molar-refractivity contribution in [3.8, 4) is 11.1 Å². The van der Waals surface area contributed by atoms with Crippen molar-refractivity contribution in [3.05, 3.63) is 72.7 Å². The molecule has 3 aromatic rings. The molecule has 30 heavy (non-hydrogen) atoms. The molecule has 1 aliphatic heterocycles. The lowest BCUT2D eigenvalue weighted by atomic mass is 10.0. The van der Waals surface area contributed by atoms with Crippen LogP contribution in [-0.2, 0) is 17.1 Å². The number of nitrogens with zero attached hydrogens (tertiary/aromatic N) is 4. The van der Waals surface area contributed by atoms with Gasteiger partial charge in [0.1, 0.15) is 0 Å². The van der Waals surface area contributed by atoms with Crippen molar-refractivity contribution in [2.75, 3.05) is 26.2 Å². The van der Waals surface area contributed by atoms with Crippen LogP contribution < -0.4 is 0 Å². The molecule has 1 saturated heterocycles. The molecule has 0 unspecified atom stereocenters. The van der Waals surface area contributed by atoms with Gasteiger partial charge in [0, 0.05) is 45.0 Å². The summed E-state index contributed by atoms with van der Waals surface area (Å²) < 4.78 is 28.7. The summed E-state index contributed by atoms with van der Waals surface area (Å²) in [6.07, 6.45) is 3.55. The number of sulfonamides is 1. The fourth-order valence-corrected chi connectivity index (χ4v) is 5.05. The van der Waals surface area contributed by atoms with Crippen LogP contribution in [0.2, 0.25) is 0 Å². The second kappa shape index (κ2) is 8.41. The third-order valence-electron chi connectivity index (χ3n) is 5.27. The lowest BCUT2D eigenvalue weighted by Crippen LogP contribution is -2.37. The van der Waals surface area contributed by atoms with Gasteiger partial charge in [-0.25, -0.2) is 13.4 Å². The summed E-state index contributed by atoms with van der Waals surface area (Å²) in [7, 11) is -1.92. The molecule has 4 rings (SSSR count). The lowest BCUT2D eigenvalue weighted by Gasteiger charge is -2.21. The van der Waals surface area contributed by atoms with Gasteiger partial charge in [-0.2, -0.15) is 4.31 Å². The second-order valence-electron chi connectivity index (χ2n) is 7.37. The zero-order valence-electron chi connectivity index (χ0n) is 16.8. The summed E-state index contributed by atoms with van der Waals surface area (Å²) in [5.41, 5.74) is 2.76. The number of rotatable bonds is 4. The predicted octanol–water partition coefficient (Wildman–Crippen LogP) is 2.62. The number of aryl methyl sites for hydroxylation is 1. The van der Waals surface area contributed by atoms with Gasteiger partial charge in [0.15, 0.2) is 5.03 Å². The Hall–Kier alpha value is -2.97. The first-order valence-corrected chi connectivity index (χ1v) is 11.3. The van der Waals surface area contributed by atoms with E-state index in [0.717, 1.165) is 11.1 Å². The summed E-state index contributed by atoms with van der Waals surface area (Å²) in [5, 5.41) is 0.0428. The molecular weight excluding hydrogens is 400 g/mol. The van der Waals surface area contributed by atoms with Crippen molar-refractivity contribution >= 4 is 15.9 Å². The maximum Gasteiger partial charge on any atom is 0.262 e. The quantitative estimate of drug-likeness (QED) is 0.645. The van der Waals surface area contributed by atoms with E-state index in [4.69, 9.17) is 0 Å². The summed E-state index contributed by atoms with van der Waals surface area (Å²) in [6, 6.07) is 17.5. The van der Waals surface area contributed by atoms with Crippen LogP contribution >= 0.6 is 0 Å². The van der Waals surface area contributed by atoms with Crippen LogP contribution in [0.4, 0.5) is 0 Å². The topological polar surface area (TPSA) is 75.5 Å². The van der Waals surface area contributed by atoms with Crippen LogP contribution in [0.5, 0.6) is 0 Å². The van der Waals surface area contributed by atoms with E-state index in [1.54, 1.807) is 16.5 Å². The minimum absolute atomic E-state index is 0.0428. The molecule has 2 aromatic carbocycles. The van der Waals surface area contributed by atoms with Crippen LogP contribution in [0.25, 0.3) is 11.1 Å². The monoisotopic (exact) mass is 424 g/mol. The molecule has 156 valence electrons. The number of carbonyl (C=O) groups is 1. The van der Waals surface area contributed by atoms with Crippen molar-refractivity contribution in [1.82, 2.24) is 18.8 Å². The molecule has 0 radical (unpaired) electrons. The molecule has 1 aliphatic rings. The van der Waals surface area contributed by atoms with Crippen molar-refractivity contribution in [1.29, 1.82) is 0 Å². The zero-order chi connectivity index (χ0) is 21.1. The Balaban J connectivity index is 1.45. The number of hydrogen-bond donors (Lipinski definition) is 0. The van der Waals surface area contributed by atoms with Crippen molar-refractivity contribution in [3.63, 3.8) is 0 Å². The second-order valence-corrected chi connectivity index (χ2v) is 9.26. The smallest absolute Gasteiger partial charge is 0.262 e. The SMILES string of the molecule is Cn1cnc(S(=O)(=O)N2CCCN(C(=O)c3ccc(-c4ccccc4)cc3)CC2)c1. The van der Waals surface area contributed by atoms with E-state index in [1.165, 1.54) is 16.8 Å². The molecule has 1 fully saturated rings. The van der Waals surface area contributed by atoms with Crippen molar-refractivity contribution < 1.29 is 13.2 Å². The van der Waals surface area contributed by atoms with E-state index in [0.29, 0.717) is 31.6 Å². The normalized spacial score (nSPS) is 15.7. The van der Waals surface area contributed by atoms with Crippen LogP contribution in [0.1, 0.15) is 16.8 Å². The number of amides is 1. The van der Waals surface area contributed by atoms with Gasteiger partial charge in [0.25, 0.3) is 15.9 Å². The molecule has 0 spiro atoms. The molecule has 0 N–H and O–H groups in total. The van der Waals surface area contributed by atoms with Crippen LogP contribution in [-0.4, -0.2) is 59.3 Å². The molecule has 7 nitrogen and oxygen atoms in total. The van der Waals surface area contributed by atoms with Crippen LogP contribution in [0.3, 0.4) is 0 Å². The minimum atomic E-state index is -3.65. The summed E-state index contributed by atoms with van der Waals surface area (Å²) in [5.74, 6) is -0.0771. The molecule has 1 amide bonds. The Bertz CT molecular complexity index is 1120. The fourth-order valence-electron chi connectivity index (χ4n) is 3.61. The summed E-state index contributed by atoms with van der Waals surface area (Å²) in [4.78, 5) is 18.7. The molecule has 0 atom stereocenters. The van der Waals surface area contributed by atoms with Gasteiger partial charge in [-0.3, -0.25) is 4.79 Å². The first-order chi connectivity index (χ1) is 14.4. The van der Waals surface area contributed by atoms with Gasteiger partial charge in [-0.05, 0) is 29.7 Å². The highest BCUT2D eigenvalue weighted by molar-refractivity contribution is 7.89. The van der Waals surface area contributed by atoms with Crippen molar-refractivity contribution in [2.24, 2.45) is 7.05 Å². The molecule has 1 aromatic heterocycles. The number of benzene rings is 2. The van der Waals surface area contributed by atoms with E-state index in [1.807, 2.05) is 54.6 Å². The maximum absolute atomic E-state index is 13.0. The average Bonchev–Trinajstić information content (AvgIpc) is 3.06. The lowest BCUT2D eigenvalue weighted by molar-refractivity contribution is 0.0764. The number of hydrogen-bond acceptors (Lipinski definition) is 4. The van der Waals surface area contributed by atoms with E-state index < -0.39 is 10.0 Å². The van der Waals surface area contributed by atoms with Gasteiger partial charge in [0.05, 0.1) is 6.33 Å².